The third-order valence-electron chi connectivity index (χ3n) is 5.24. The molecule has 1 N–H and O–H groups in total. The van der Waals surface area contributed by atoms with Crippen LogP contribution in [0.3, 0.4) is 0 Å². The molecule has 2 aromatic carbocycles. The molecule has 0 bridgehead atoms. The highest BCUT2D eigenvalue weighted by Crippen LogP contribution is 2.49. The van der Waals surface area contributed by atoms with Gasteiger partial charge >= 0.3 is 5.97 Å². The molecule has 0 saturated heterocycles. The molecule has 1 atom stereocenters. The number of carbonyl (C=O) groups excluding carboxylic acids is 1. The topological polar surface area (TPSA) is 59.4 Å². The minimum atomic E-state index is -0.386. The van der Waals surface area contributed by atoms with Crippen LogP contribution in [0.25, 0.3) is 22.4 Å². The molecule has 0 radical (unpaired) electrons. The number of ether oxygens (including phenoxy) is 1. The first-order valence-corrected chi connectivity index (χ1v) is 9.16. The van der Waals surface area contributed by atoms with Crippen LogP contribution in [0.2, 0.25) is 0 Å². The molecule has 1 unspecified atom stereocenters. The summed E-state index contributed by atoms with van der Waals surface area (Å²) in [6.45, 7) is 3.46. The smallest absolute Gasteiger partial charge is 0.302 e. The number of benzene rings is 2. The molecule has 0 amide bonds. The lowest BCUT2D eigenvalue weighted by atomic mass is 9.74. The van der Waals surface area contributed by atoms with Crippen molar-refractivity contribution < 1.29 is 19.0 Å². The van der Waals surface area contributed by atoms with E-state index in [9.17, 15) is 14.3 Å². The van der Waals surface area contributed by atoms with Crippen LogP contribution in [0.15, 0.2) is 48.7 Å². The fourth-order valence-corrected chi connectivity index (χ4v) is 4.07. The Morgan fingerprint density at radius 3 is 2.75 bits per heavy atom. The zero-order valence-electron chi connectivity index (χ0n) is 15.7. The summed E-state index contributed by atoms with van der Waals surface area (Å²) in [7, 11) is 0. The lowest BCUT2D eigenvalue weighted by Gasteiger charge is -2.31. The van der Waals surface area contributed by atoms with E-state index in [0.717, 1.165) is 27.9 Å². The third-order valence-corrected chi connectivity index (χ3v) is 5.24. The molecule has 3 aromatic rings. The second kappa shape index (κ2) is 7.08. The molecule has 1 aliphatic rings. The SMILES string of the molecule is CC(=O)OCC1Cc2c(-c3ccccn3)ccc(F)c2-c2c(O)ccc(C)c21. The van der Waals surface area contributed by atoms with Crippen molar-refractivity contribution >= 4 is 5.97 Å². The molecular formula is C23H20FNO3. The Balaban J connectivity index is 1.98. The van der Waals surface area contributed by atoms with Crippen molar-refractivity contribution in [3.05, 3.63) is 71.2 Å². The summed E-state index contributed by atoms with van der Waals surface area (Å²) in [4.78, 5) is 15.8. The minimum absolute atomic E-state index is 0.0199. The Hall–Kier alpha value is -3.21. The highest BCUT2D eigenvalue weighted by atomic mass is 19.1. The fourth-order valence-electron chi connectivity index (χ4n) is 4.07. The molecular weight excluding hydrogens is 357 g/mol. The average Bonchev–Trinajstić information content (AvgIpc) is 2.69. The number of aromatic nitrogens is 1. The van der Waals surface area contributed by atoms with Crippen molar-refractivity contribution in [3.8, 4) is 28.1 Å². The maximum atomic E-state index is 15.0. The van der Waals surface area contributed by atoms with Crippen LogP contribution >= 0.6 is 0 Å². The highest BCUT2D eigenvalue weighted by Gasteiger charge is 2.33. The van der Waals surface area contributed by atoms with E-state index in [0.29, 0.717) is 17.5 Å². The van der Waals surface area contributed by atoms with Gasteiger partial charge in [0.1, 0.15) is 11.6 Å². The van der Waals surface area contributed by atoms with Gasteiger partial charge in [-0.05, 0) is 60.4 Å². The molecule has 142 valence electrons. The van der Waals surface area contributed by atoms with E-state index >= 15 is 0 Å². The first-order valence-electron chi connectivity index (χ1n) is 9.16. The number of carbonyl (C=O) groups is 1. The normalized spacial score (nSPS) is 14.9. The van der Waals surface area contributed by atoms with Gasteiger partial charge in [-0.2, -0.15) is 0 Å². The second-order valence-corrected chi connectivity index (χ2v) is 7.06. The molecule has 0 spiro atoms. The first kappa shape index (κ1) is 18.2. The maximum Gasteiger partial charge on any atom is 0.302 e. The second-order valence-electron chi connectivity index (χ2n) is 7.06. The summed E-state index contributed by atoms with van der Waals surface area (Å²) in [6.07, 6.45) is 2.18. The molecule has 0 fully saturated rings. The van der Waals surface area contributed by atoms with Crippen LogP contribution in [0.5, 0.6) is 5.75 Å². The van der Waals surface area contributed by atoms with E-state index in [1.54, 1.807) is 24.4 Å². The zero-order chi connectivity index (χ0) is 19.8. The molecule has 4 nitrogen and oxygen atoms in total. The van der Waals surface area contributed by atoms with Gasteiger partial charge in [0.15, 0.2) is 0 Å². The van der Waals surface area contributed by atoms with E-state index in [1.165, 1.54) is 13.0 Å². The number of rotatable bonds is 3. The van der Waals surface area contributed by atoms with Gasteiger partial charge in [-0.15, -0.1) is 0 Å². The number of phenols is 1. The fraction of sp³-hybridized carbons (Fsp3) is 0.217. The number of pyridine rings is 1. The Bertz CT molecular complexity index is 1060. The van der Waals surface area contributed by atoms with Crippen LogP contribution in [0, 0.1) is 12.7 Å². The van der Waals surface area contributed by atoms with Crippen molar-refractivity contribution in [1.82, 2.24) is 4.98 Å². The van der Waals surface area contributed by atoms with Crippen LogP contribution in [-0.4, -0.2) is 22.7 Å². The van der Waals surface area contributed by atoms with Gasteiger partial charge in [0, 0.05) is 35.7 Å². The Morgan fingerprint density at radius 2 is 2.04 bits per heavy atom. The van der Waals surface area contributed by atoms with Gasteiger partial charge in [-0.3, -0.25) is 9.78 Å². The third kappa shape index (κ3) is 3.03. The first-order chi connectivity index (χ1) is 13.5. The van der Waals surface area contributed by atoms with Gasteiger partial charge in [0.25, 0.3) is 0 Å². The number of fused-ring (bicyclic) bond motifs is 3. The zero-order valence-corrected chi connectivity index (χ0v) is 15.7. The van der Waals surface area contributed by atoms with Crippen molar-refractivity contribution in [2.24, 2.45) is 0 Å². The molecule has 0 aliphatic heterocycles. The highest BCUT2D eigenvalue weighted by molar-refractivity contribution is 5.85. The van der Waals surface area contributed by atoms with E-state index in [-0.39, 0.29) is 30.1 Å². The number of aromatic hydroxyl groups is 1. The summed E-state index contributed by atoms with van der Waals surface area (Å²) < 4.78 is 20.3. The predicted octanol–water partition coefficient (Wildman–Crippen LogP) is 4.77. The molecule has 1 heterocycles. The van der Waals surface area contributed by atoms with Crippen LogP contribution < -0.4 is 0 Å². The van der Waals surface area contributed by atoms with Crippen LogP contribution in [0.1, 0.15) is 29.5 Å². The van der Waals surface area contributed by atoms with Crippen LogP contribution in [0.4, 0.5) is 4.39 Å². The van der Waals surface area contributed by atoms with E-state index in [2.05, 4.69) is 4.98 Å². The van der Waals surface area contributed by atoms with Crippen molar-refractivity contribution in [1.29, 1.82) is 0 Å². The monoisotopic (exact) mass is 377 g/mol. The lowest BCUT2D eigenvalue weighted by Crippen LogP contribution is -2.20. The standard InChI is InChI=1S/C23H20FNO3/c1-13-6-9-20(27)23-21(13)15(12-28-14(2)26)11-17-16(7-8-18(24)22(17)23)19-5-3-4-10-25-19/h3-10,15,27H,11-12H2,1-2H3. The van der Waals surface area contributed by atoms with Crippen molar-refractivity contribution in [3.63, 3.8) is 0 Å². The van der Waals surface area contributed by atoms with Gasteiger partial charge < -0.3 is 9.84 Å². The van der Waals surface area contributed by atoms with E-state index < -0.39 is 0 Å². The Kier molecular flexibility index (Phi) is 4.59. The van der Waals surface area contributed by atoms with Crippen LogP contribution in [-0.2, 0) is 16.0 Å². The van der Waals surface area contributed by atoms with Gasteiger partial charge in [-0.25, -0.2) is 4.39 Å². The molecule has 5 heteroatoms. The quantitative estimate of drug-likeness (QED) is 0.668. The number of halogens is 1. The molecule has 0 saturated carbocycles. The lowest BCUT2D eigenvalue weighted by molar-refractivity contribution is -0.141. The Labute approximate surface area is 162 Å². The average molecular weight is 377 g/mol. The number of hydrogen-bond donors (Lipinski definition) is 1. The molecule has 1 aliphatic carbocycles. The summed E-state index contributed by atoms with van der Waals surface area (Å²) in [5.41, 5.74) is 4.96. The summed E-state index contributed by atoms with van der Waals surface area (Å²) in [5, 5.41) is 10.6. The van der Waals surface area contributed by atoms with E-state index in [4.69, 9.17) is 4.74 Å². The molecule has 4 rings (SSSR count). The summed E-state index contributed by atoms with van der Waals surface area (Å²) >= 11 is 0. The molecule has 28 heavy (non-hydrogen) atoms. The summed E-state index contributed by atoms with van der Waals surface area (Å²) in [5.74, 6) is -0.911. The largest absolute Gasteiger partial charge is 0.507 e. The number of hydrogen-bond acceptors (Lipinski definition) is 4. The van der Waals surface area contributed by atoms with Crippen molar-refractivity contribution in [2.75, 3.05) is 6.61 Å². The molecule has 1 aromatic heterocycles. The Morgan fingerprint density at radius 1 is 1.21 bits per heavy atom. The maximum absolute atomic E-state index is 15.0. The summed E-state index contributed by atoms with van der Waals surface area (Å²) in [6, 6.07) is 12.1. The van der Waals surface area contributed by atoms with Gasteiger partial charge in [0.2, 0.25) is 0 Å². The predicted molar refractivity (Wildman–Crippen MR) is 105 cm³/mol. The van der Waals surface area contributed by atoms with Crippen molar-refractivity contribution in [2.45, 2.75) is 26.2 Å². The van der Waals surface area contributed by atoms with Gasteiger partial charge in [-0.1, -0.05) is 12.1 Å². The number of nitrogens with zero attached hydrogens (tertiary/aromatic N) is 1. The van der Waals surface area contributed by atoms with E-state index in [1.807, 2.05) is 25.1 Å². The number of phenolic OH excluding ortho intramolecular Hbond substituents is 1. The van der Waals surface area contributed by atoms with Gasteiger partial charge in [0.05, 0.1) is 12.3 Å². The minimum Gasteiger partial charge on any atom is -0.507 e. The number of esters is 1. The number of aryl methyl sites for hydroxylation is 1.